The van der Waals surface area contributed by atoms with E-state index in [-0.39, 0.29) is 10.8 Å². The summed E-state index contributed by atoms with van der Waals surface area (Å²) in [6, 6.07) is 8.95. The monoisotopic (exact) mass is 343 g/mol. The molecule has 22 heavy (non-hydrogen) atoms. The Morgan fingerprint density at radius 1 is 1.23 bits per heavy atom. The molecule has 1 aromatic carbocycles. The molecule has 0 bridgehead atoms. The molecule has 3 nitrogen and oxygen atoms in total. The van der Waals surface area contributed by atoms with Crippen molar-refractivity contribution in [2.75, 3.05) is 5.32 Å². The van der Waals surface area contributed by atoms with Crippen molar-refractivity contribution in [3.8, 4) is 0 Å². The van der Waals surface area contributed by atoms with Crippen LogP contribution in [0.25, 0.3) is 0 Å². The Morgan fingerprint density at radius 3 is 2.59 bits per heavy atom. The van der Waals surface area contributed by atoms with Gasteiger partial charge >= 0.3 is 6.18 Å². The van der Waals surface area contributed by atoms with Gasteiger partial charge < -0.3 is 5.32 Å². The second kappa shape index (κ2) is 6.89. The molecule has 0 aliphatic carbocycles. The number of nitrogens with zero attached hydrogens (tertiary/aromatic N) is 1. The van der Waals surface area contributed by atoms with E-state index in [1.165, 1.54) is 18.2 Å². The first kappa shape index (κ1) is 16.4. The maximum atomic E-state index is 12.8. The Bertz CT molecular complexity index is 693. The number of halogens is 3. The second-order valence-corrected chi connectivity index (χ2v) is 6.04. The number of hydrogen-bond acceptors (Lipinski definition) is 3. The van der Waals surface area contributed by atoms with E-state index in [0.29, 0.717) is 0 Å². The molecular formula is C14H12F3N3S2. The molecule has 0 fully saturated rings. The van der Waals surface area contributed by atoms with Gasteiger partial charge in [0.15, 0.2) is 5.11 Å². The quantitative estimate of drug-likeness (QED) is 0.493. The SMILES string of the molecule is Cc1ccc(/C=N\NC(=S)Nc2ccccc2C(F)(F)F)s1. The maximum absolute atomic E-state index is 12.8. The summed E-state index contributed by atoms with van der Waals surface area (Å²) in [6.45, 7) is 1.97. The summed E-state index contributed by atoms with van der Waals surface area (Å²) in [7, 11) is 0. The van der Waals surface area contributed by atoms with E-state index in [1.807, 2.05) is 19.1 Å². The van der Waals surface area contributed by atoms with Crippen LogP contribution in [0.2, 0.25) is 0 Å². The van der Waals surface area contributed by atoms with Crippen LogP contribution in [-0.4, -0.2) is 11.3 Å². The number of aryl methyl sites for hydroxylation is 1. The molecule has 0 saturated heterocycles. The van der Waals surface area contributed by atoms with Crippen LogP contribution in [0.1, 0.15) is 15.3 Å². The zero-order chi connectivity index (χ0) is 16.2. The van der Waals surface area contributed by atoms with Crippen LogP contribution in [0, 0.1) is 6.92 Å². The van der Waals surface area contributed by atoms with Gasteiger partial charge in [-0.2, -0.15) is 18.3 Å². The minimum Gasteiger partial charge on any atom is -0.331 e. The maximum Gasteiger partial charge on any atom is 0.418 e. The average Bonchev–Trinajstić information content (AvgIpc) is 2.84. The van der Waals surface area contributed by atoms with Crippen molar-refractivity contribution in [3.05, 3.63) is 51.7 Å². The highest BCUT2D eigenvalue weighted by Crippen LogP contribution is 2.34. The lowest BCUT2D eigenvalue weighted by atomic mass is 10.2. The van der Waals surface area contributed by atoms with E-state index < -0.39 is 11.7 Å². The molecule has 0 atom stereocenters. The fourth-order valence-electron chi connectivity index (χ4n) is 1.67. The number of thiophene rings is 1. The van der Waals surface area contributed by atoms with Crippen molar-refractivity contribution >= 4 is 40.6 Å². The molecule has 1 heterocycles. The highest BCUT2D eigenvalue weighted by atomic mass is 32.1. The summed E-state index contributed by atoms with van der Waals surface area (Å²) in [5.74, 6) is 0. The normalized spacial score (nSPS) is 11.6. The number of para-hydroxylation sites is 1. The summed E-state index contributed by atoms with van der Waals surface area (Å²) >= 11 is 6.49. The molecule has 1 aromatic heterocycles. The van der Waals surface area contributed by atoms with Gasteiger partial charge in [-0.05, 0) is 43.4 Å². The molecule has 2 aromatic rings. The summed E-state index contributed by atoms with van der Waals surface area (Å²) in [4.78, 5) is 2.06. The van der Waals surface area contributed by atoms with Gasteiger partial charge in [0.05, 0.1) is 17.5 Å². The first-order valence-corrected chi connectivity index (χ1v) is 7.41. The number of nitrogens with one attached hydrogen (secondary N) is 2. The molecule has 2 N–H and O–H groups in total. The van der Waals surface area contributed by atoms with Gasteiger partial charge in [0.1, 0.15) is 0 Å². The van der Waals surface area contributed by atoms with E-state index in [4.69, 9.17) is 12.2 Å². The minimum atomic E-state index is -4.45. The number of rotatable bonds is 3. The van der Waals surface area contributed by atoms with Crippen LogP contribution >= 0.6 is 23.6 Å². The van der Waals surface area contributed by atoms with E-state index >= 15 is 0 Å². The second-order valence-electron chi connectivity index (χ2n) is 4.32. The van der Waals surface area contributed by atoms with Crippen molar-refractivity contribution in [1.29, 1.82) is 0 Å². The van der Waals surface area contributed by atoms with Gasteiger partial charge in [0, 0.05) is 9.75 Å². The lowest BCUT2D eigenvalue weighted by Gasteiger charge is -2.14. The Labute approximate surface area is 134 Å². The minimum absolute atomic E-state index is 0.0128. The largest absolute Gasteiger partial charge is 0.418 e. The smallest absolute Gasteiger partial charge is 0.331 e. The number of hydrazone groups is 1. The predicted octanol–water partition coefficient (Wildman–Crippen LogP) is 4.40. The van der Waals surface area contributed by atoms with E-state index in [2.05, 4.69) is 15.8 Å². The van der Waals surface area contributed by atoms with E-state index in [1.54, 1.807) is 17.6 Å². The number of alkyl halides is 3. The lowest BCUT2D eigenvalue weighted by molar-refractivity contribution is -0.136. The Morgan fingerprint density at radius 2 is 1.95 bits per heavy atom. The van der Waals surface area contributed by atoms with Crippen molar-refractivity contribution in [3.63, 3.8) is 0 Å². The molecule has 0 spiro atoms. The molecule has 2 rings (SSSR count). The zero-order valence-electron chi connectivity index (χ0n) is 11.4. The van der Waals surface area contributed by atoms with Gasteiger partial charge in [-0.25, -0.2) is 0 Å². The van der Waals surface area contributed by atoms with Gasteiger partial charge in [-0.15, -0.1) is 11.3 Å². The van der Waals surface area contributed by atoms with Crippen LogP contribution in [0.4, 0.5) is 18.9 Å². The van der Waals surface area contributed by atoms with Gasteiger partial charge in [0.2, 0.25) is 0 Å². The zero-order valence-corrected chi connectivity index (χ0v) is 13.1. The molecule has 0 aliphatic heterocycles. The van der Waals surface area contributed by atoms with Crippen LogP contribution in [0.15, 0.2) is 41.5 Å². The third-order valence-corrected chi connectivity index (χ3v) is 3.73. The molecule has 8 heteroatoms. The molecule has 0 radical (unpaired) electrons. The van der Waals surface area contributed by atoms with Gasteiger partial charge in [-0.1, -0.05) is 12.1 Å². The van der Waals surface area contributed by atoms with Crippen molar-refractivity contribution in [2.45, 2.75) is 13.1 Å². The lowest BCUT2D eigenvalue weighted by Crippen LogP contribution is -2.25. The average molecular weight is 343 g/mol. The van der Waals surface area contributed by atoms with Crippen LogP contribution in [0.3, 0.4) is 0 Å². The predicted molar refractivity (Wildman–Crippen MR) is 87.5 cm³/mol. The fraction of sp³-hybridized carbons (Fsp3) is 0.143. The molecule has 116 valence electrons. The first-order chi connectivity index (χ1) is 10.4. The third kappa shape index (κ3) is 4.54. The van der Waals surface area contributed by atoms with Crippen LogP contribution in [0.5, 0.6) is 0 Å². The van der Waals surface area contributed by atoms with Crippen molar-refractivity contribution < 1.29 is 13.2 Å². The molecule has 0 aliphatic rings. The Kier molecular flexibility index (Phi) is 5.15. The first-order valence-electron chi connectivity index (χ1n) is 6.19. The number of anilines is 1. The summed E-state index contributed by atoms with van der Waals surface area (Å²) in [5.41, 5.74) is 1.60. The molecule has 0 unspecified atom stereocenters. The summed E-state index contributed by atoms with van der Waals surface area (Å²) < 4.78 is 38.5. The number of thiocarbonyl (C=S) groups is 1. The highest BCUT2D eigenvalue weighted by Gasteiger charge is 2.33. The molecule has 0 amide bonds. The van der Waals surface area contributed by atoms with Crippen LogP contribution in [-0.2, 0) is 6.18 Å². The number of hydrogen-bond donors (Lipinski definition) is 2. The summed E-state index contributed by atoms with van der Waals surface area (Å²) in [5, 5.41) is 6.38. The topological polar surface area (TPSA) is 36.4 Å². The van der Waals surface area contributed by atoms with Gasteiger partial charge in [0.25, 0.3) is 0 Å². The Hall–Kier alpha value is -1.93. The fourth-order valence-corrected chi connectivity index (χ4v) is 2.58. The van der Waals surface area contributed by atoms with Crippen LogP contribution < -0.4 is 10.7 Å². The van der Waals surface area contributed by atoms with Crippen molar-refractivity contribution in [1.82, 2.24) is 5.43 Å². The van der Waals surface area contributed by atoms with E-state index in [9.17, 15) is 13.2 Å². The third-order valence-electron chi connectivity index (χ3n) is 2.60. The Balaban J connectivity index is 1.99. The molecular weight excluding hydrogens is 331 g/mol. The molecule has 0 saturated carbocycles. The van der Waals surface area contributed by atoms with Gasteiger partial charge in [-0.3, -0.25) is 5.43 Å². The van der Waals surface area contributed by atoms with Crippen molar-refractivity contribution in [2.24, 2.45) is 5.10 Å². The number of benzene rings is 1. The highest BCUT2D eigenvalue weighted by molar-refractivity contribution is 7.80. The summed E-state index contributed by atoms with van der Waals surface area (Å²) in [6.07, 6.45) is -2.89. The van der Waals surface area contributed by atoms with E-state index in [0.717, 1.165) is 15.8 Å². The standard InChI is InChI=1S/C14H12F3N3S2/c1-9-6-7-10(22-9)8-18-20-13(21)19-12-5-3-2-4-11(12)14(15,16)17/h2-8H,1H3,(H2,19,20,21)/b18-8-.